The summed E-state index contributed by atoms with van der Waals surface area (Å²) in [6.07, 6.45) is -0.395. The molecule has 90 valence electrons. The highest BCUT2D eigenvalue weighted by Crippen LogP contribution is 2.42. The Bertz CT molecular complexity index is 470. The number of sulfone groups is 1. The summed E-state index contributed by atoms with van der Waals surface area (Å²) >= 11 is 11.9. The van der Waals surface area contributed by atoms with Crippen LogP contribution in [-0.2, 0) is 9.84 Å². The maximum Gasteiger partial charge on any atom is 0.228 e. The number of aliphatic hydroxyl groups excluding tert-OH is 1. The Morgan fingerprint density at radius 2 is 1.81 bits per heavy atom. The van der Waals surface area contributed by atoms with Crippen LogP contribution in [0.25, 0.3) is 0 Å². The molecule has 1 aromatic rings. The van der Waals surface area contributed by atoms with Crippen molar-refractivity contribution >= 4 is 53.3 Å². The number of aliphatic hydroxyl groups is 1. The molecule has 0 amide bonds. The number of halogens is 3. The minimum absolute atomic E-state index is 0.417. The van der Waals surface area contributed by atoms with E-state index in [1.807, 2.05) is 0 Å². The van der Waals surface area contributed by atoms with Crippen molar-refractivity contribution in [3.63, 3.8) is 0 Å². The van der Waals surface area contributed by atoms with Gasteiger partial charge in [0, 0.05) is 10.7 Å². The molecule has 1 rings (SSSR count). The van der Waals surface area contributed by atoms with Gasteiger partial charge in [0.1, 0.15) is 6.10 Å². The molecule has 1 aromatic carbocycles. The predicted octanol–water partition coefficient (Wildman–Crippen LogP) is 2.81. The fourth-order valence-corrected chi connectivity index (χ4v) is 2.24. The molecule has 0 fully saturated rings. The van der Waals surface area contributed by atoms with Gasteiger partial charge in [-0.15, -0.1) is 0 Å². The predicted molar refractivity (Wildman–Crippen MR) is 71.5 cm³/mol. The molecular weight excluding hydrogens is 383 g/mol. The molecule has 0 saturated carbocycles. The van der Waals surface area contributed by atoms with Crippen LogP contribution >= 0.6 is 43.5 Å². The SMILES string of the molecule is CS(=O)(=O)[C@@](Cl)(Br)[C@H](O)c1ccc(Br)cc1. The van der Waals surface area contributed by atoms with Crippen molar-refractivity contribution in [1.82, 2.24) is 0 Å². The molecule has 2 atom stereocenters. The summed E-state index contributed by atoms with van der Waals surface area (Å²) in [6.45, 7) is 0. The molecule has 7 heteroatoms. The molecule has 0 aromatic heterocycles. The average Bonchev–Trinajstić information content (AvgIpc) is 2.16. The molecule has 0 bridgehead atoms. The zero-order valence-corrected chi connectivity index (χ0v) is 12.9. The summed E-state index contributed by atoms with van der Waals surface area (Å²) in [4.78, 5) is 0. The summed E-state index contributed by atoms with van der Waals surface area (Å²) < 4.78 is 21.7. The van der Waals surface area contributed by atoms with Gasteiger partial charge in [0.15, 0.2) is 9.84 Å². The van der Waals surface area contributed by atoms with E-state index in [0.29, 0.717) is 5.56 Å². The van der Waals surface area contributed by atoms with E-state index < -0.39 is 19.1 Å². The van der Waals surface area contributed by atoms with Crippen LogP contribution in [0.1, 0.15) is 11.7 Å². The summed E-state index contributed by atoms with van der Waals surface area (Å²) in [5.74, 6) is 0. The Morgan fingerprint density at radius 1 is 1.38 bits per heavy atom. The number of rotatable bonds is 3. The number of hydrogen-bond donors (Lipinski definition) is 1. The second-order valence-electron chi connectivity index (χ2n) is 3.29. The van der Waals surface area contributed by atoms with E-state index in [-0.39, 0.29) is 0 Å². The smallest absolute Gasteiger partial charge is 0.228 e. The summed E-state index contributed by atoms with van der Waals surface area (Å²) in [6, 6.07) is 6.58. The Morgan fingerprint density at radius 3 is 2.19 bits per heavy atom. The number of alkyl halides is 2. The molecular formula is C9H9Br2ClO3S. The van der Waals surface area contributed by atoms with Crippen LogP contribution in [0.4, 0.5) is 0 Å². The monoisotopic (exact) mass is 390 g/mol. The van der Waals surface area contributed by atoms with Crippen molar-refractivity contribution in [2.75, 3.05) is 6.26 Å². The lowest BCUT2D eigenvalue weighted by atomic mass is 10.1. The third kappa shape index (κ3) is 2.98. The van der Waals surface area contributed by atoms with Gasteiger partial charge in [-0.3, -0.25) is 0 Å². The quantitative estimate of drug-likeness (QED) is 0.805. The average molecular weight is 392 g/mol. The van der Waals surface area contributed by atoms with Gasteiger partial charge in [-0.1, -0.05) is 39.7 Å². The lowest BCUT2D eigenvalue weighted by Crippen LogP contribution is -2.32. The Kier molecular flexibility index (Phi) is 4.46. The second kappa shape index (κ2) is 4.94. The standard InChI is InChI=1S/C9H9Br2ClO3S/c1-16(14,15)9(11,12)8(13)6-2-4-7(10)5-3-6/h2-5,8,13H,1H3/t8-,9-/m1/s1. The van der Waals surface area contributed by atoms with Crippen LogP contribution in [0.5, 0.6) is 0 Å². The van der Waals surface area contributed by atoms with E-state index in [4.69, 9.17) is 11.6 Å². The first-order chi connectivity index (χ1) is 7.16. The van der Waals surface area contributed by atoms with E-state index in [1.165, 1.54) is 0 Å². The molecule has 1 N–H and O–H groups in total. The molecule has 0 radical (unpaired) electrons. The van der Waals surface area contributed by atoms with Gasteiger partial charge in [0.05, 0.1) is 0 Å². The fourth-order valence-electron chi connectivity index (χ4n) is 1.04. The van der Waals surface area contributed by atoms with Crippen molar-refractivity contribution in [3.05, 3.63) is 34.3 Å². The van der Waals surface area contributed by atoms with Gasteiger partial charge in [-0.05, 0) is 33.6 Å². The molecule has 0 aliphatic rings. The summed E-state index contributed by atoms with van der Waals surface area (Å²) in [5, 5.41) is 9.90. The van der Waals surface area contributed by atoms with Crippen LogP contribution in [0.15, 0.2) is 28.7 Å². The van der Waals surface area contributed by atoms with Crippen molar-refractivity contribution in [1.29, 1.82) is 0 Å². The number of hydrogen-bond acceptors (Lipinski definition) is 3. The topological polar surface area (TPSA) is 54.4 Å². The van der Waals surface area contributed by atoms with Crippen LogP contribution in [0, 0.1) is 0 Å². The molecule has 0 heterocycles. The van der Waals surface area contributed by atoms with Crippen LogP contribution in [-0.4, -0.2) is 22.9 Å². The van der Waals surface area contributed by atoms with E-state index in [9.17, 15) is 13.5 Å². The van der Waals surface area contributed by atoms with Gasteiger partial charge in [0.2, 0.25) is 3.12 Å². The molecule has 0 unspecified atom stereocenters. The Hall–Kier alpha value is 0.380. The maximum absolute atomic E-state index is 11.4. The molecule has 3 nitrogen and oxygen atoms in total. The van der Waals surface area contributed by atoms with Gasteiger partial charge >= 0.3 is 0 Å². The van der Waals surface area contributed by atoms with Crippen LogP contribution < -0.4 is 0 Å². The third-order valence-corrected chi connectivity index (χ3v) is 6.98. The van der Waals surface area contributed by atoms with E-state index in [2.05, 4.69) is 31.9 Å². The highest BCUT2D eigenvalue weighted by atomic mass is 79.9. The van der Waals surface area contributed by atoms with Crippen molar-refractivity contribution in [2.45, 2.75) is 9.22 Å². The first-order valence-electron chi connectivity index (χ1n) is 4.17. The van der Waals surface area contributed by atoms with Gasteiger partial charge in [-0.25, -0.2) is 8.42 Å². The zero-order chi connectivity index (χ0) is 12.6. The van der Waals surface area contributed by atoms with E-state index >= 15 is 0 Å². The molecule has 16 heavy (non-hydrogen) atoms. The van der Waals surface area contributed by atoms with E-state index in [1.54, 1.807) is 24.3 Å². The highest BCUT2D eigenvalue weighted by molar-refractivity contribution is 9.12. The molecule has 0 aliphatic carbocycles. The highest BCUT2D eigenvalue weighted by Gasteiger charge is 2.44. The summed E-state index contributed by atoms with van der Waals surface area (Å²) in [5.41, 5.74) is 0.417. The van der Waals surface area contributed by atoms with Gasteiger partial charge < -0.3 is 5.11 Å². The van der Waals surface area contributed by atoms with E-state index in [0.717, 1.165) is 10.7 Å². The molecule has 0 saturated heterocycles. The second-order valence-corrected chi connectivity index (χ2v) is 9.44. The Labute approximate surface area is 116 Å². The normalized spacial score (nSPS) is 17.8. The van der Waals surface area contributed by atoms with Gasteiger partial charge in [0.25, 0.3) is 0 Å². The first kappa shape index (κ1) is 14.4. The lowest BCUT2D eigenvalue weighted by Gasteiger charge is -2.24. The first-order valence-corrected chi connectivity index (χ1v) is 8.02. The largest absolute Gasteiger partial charge is 0.385 e. The maximum atomic E-state index is 11.4. The fraction of sp³-hybridized carbons (Fsp3) is 0.333. The Balaban J connectivity index is 3.12. The zero-order valence-electron chi connectivity index (χ0n) is 8.19. The molecule has 0 spiro atoms. The minimum Gasteiger partial charge on any atom is -0.385 e. The minimum atomic E-state index is -3.64. The van der Waals surface area contributed by atoms with Crippen molar-refractivity contribution in [2.24, 2.45) is 0 Å². The lowest BCUT2D eigenvalue weighted by molar-refractivity contribution is 0.185. The number of benzene rings is 1. The van der Waals surface area contributed by atoms with Crippen LogP contribution in [0.2, 0.25) is 0 Å². The van der Waals surface area contributed by atoms with Crippen LogP contribution in [0.3, 0.4) is 0 Å². The van der Waals surface area contributed by atoms with Crippen molar-refractivity contribution < 1.29 is 13.5 Å². The summed E-state index contributed by atoms with van der Waals surface area (Å²) in [7, 11) is -3.64. The molecule has 0 aliphatic heterocycles. The van der Waals surface area contributed by atoms with Crippen molar-refractivity contribution in [3.8, 4) is 0 Å². The third-order valence-electron chi connectivity index (χ3n) is 2.00. The van der Waals surface area contributed by atoms with Gasteiger partial charge in [-0.2, -0.15) is 0 Å².